The molecule has 0 fully saturated rings. The predicted molar refractivity (Wildman–Crippen MR) is 39.2 cm³/mol. The molecule has 2 aromatic rings. The molecule has 2 aromatic heterocycles. The van der Waals surface area contributed by atoms with E-state index in [-0.39, 0.29) is 0 Å². The first-order valence-corrected chi connectivity index (χ1v) is 3.23. The lowest BCUT2D eigenvalue weighted by atomic mass is 10.4. The number of aromatic nitrogens is 4. The highest BCUT2D eigenvalue weighted by Gasteiger charge is 1.92. The van der Waals surface area contributed by atoms with Crippen LogP contribution in [0, 0.1) is 0 Å². The lowest BCUT2D eigenvalue weighted by Gasteiger charge is -1.95. The Balaban J connectivity index is 2.46. The van der Waals surface area contributed by atoms with Gasteiger partial charge < -0.3 is 0 Å². The van der Waals surface area contributed by atoms with Gasteiger partial charge in [0.05, 0.1) is 18.1 Å². The van der Waals surface area contributed by atoms with E-state index < -0.39 is 0 Å². The largest absolute Gasteiger partial charge is 0.265 e. The molecule has 0 radical (unpaired) electrons. The van der Waals surface area contributed by atoms with Gasteiger partial charge in [-0.2, -0.15) is 15.0 Å². The fourth-order valence-electron chi connectivity index (χ4n) is 0.826. The first kappa shape index (κ1) is 6.03. The van der Waals surface area contributed by atoms with Crippen LogP contribution in [-0.4, -0.2) is 20.0 Å². The van der Waals surface area contributed by atoms with Crippen LogP contribution in [0.15, 0.2) is 36.9 Å². The Labute approximate surface area is 63.5 Å². The van der Waals surface area contributed by atoms with Crippen molar-refractivity contribution in [3.63, 3.8) is 0 Å². The minimum absolute atomic E-state index is 0.921. The van der Waals surface area contributed by atoms with Gasteiger partial charge in [0.2, 0.25) is 0 Å². The molecule has 0 aliphatic heterocycles. The molecule has 0 atom stereocenters. The van der Waals surface area contributed by atoms with Gasteiger partial charge in [-0.3, -0.25) is 4.98 Å². The second-order valence-corrected chi connectivity index (χ2v) is 2.02. The molecule has 0 aromatic carbocycles. The summed E-state index contributed by atoms with van der Waals surface area (Å²) in [5.41, 5.74) is 0.921. The van der Waals surface area contributed by atoms with Gasteiger partial charge in [-0.05, 0) is 12.1 Å². The van der Waals surface area contributed by atoms with Crippen molar-refractivity contribution in [1.29, 1.82) is 0 Å². The Morgan fingerprint density at radius 3 is 2.18 bits per heavy atom. The fraction of sp³-hybridized carbons (Fsp3) is 0. The highest BCUT2D eigenvalue weighted by molar-refractivity contribution is 5.24. The summed E-state index contributed by atoms with van der Waals surface area (Å²) < 4.78 is 0. The first-order chi connectivity index (χ1) is 5.47. The molecule has 0 spiro atoms. The van der Waals surface area contributed by atoms with Crippen LogP contribution in [0.2, 0.25) is 0 Å². The lowest BCUT2D eigenvalue weighted by Crippen LogP contribution is -1.97. The fourth-order valence-corrected chi connectivity index (χ4v) is 0.826. The minimum atomic E-state index is 0.921. The summed E-state index contributed by atoms with van der Waals surface area (Å²) in [5, 5.41) is 7.93. The predicted octanol–water partition coefficient (Wildman–Crippen LogP) is 0.662. The Morgan fingerprint density at radius 1 is 0.909 bits per heavy atom. The number of hydrogen-bond acceptors (Lipinski definition) is 3. The van der Waals surface area contributed by atoms with Crippen molar-refractivity contribution in [3.8, 4) is 5.69 Å². The van der Waals surface area contributed by atoms with E-state index in [4.69, 9.17) is 0 Å². The molecule has 0 amide bonds. The summed E-state index contributed by atoms with van der Waals surface area (Å²) in [6.07, 6.45) is 6.69. The molecule has 0 aliphatic carbocycles. The van der Waals surface area contributed by atoms with Crippen molar-refractivity contribution < 1.29 is 0 Å². The second kappa shape index (κ2) is 2.49. The third kappa shape index (κ3) is 1.10. The summed E-state index contributed by atoms with van der Waals surface area (Å²) in [6, 6.07) is 3.69. The Hall–Kier alpha value is -1.71. The summed E-state index contributed by atoms with van der Waals surface area (Å²) >= 11 is 0. The number of nitrogens with zero attached hydrogens (tertiary/aromatic N) is 4. The first-order valence-electron chi connectivity index (χ1n) is 3.23. The molecule has 2 rings (SSSR count). The summed E-state index contributed by atoms with van der Waals surface area (Å²) in [4.78, 5) is 5.43. The van der Waals surface area contributed by atoms with E-state index in [1.807, 2.05) is 12.1 Å². The van der Waals surface area contributed by atoms with Gasteiger partial charge in [-0.15, -0.1) is 0 Å². The number of rotatable bonds is 1. The molecule has 54 valence electrons. The second-order valence-electron chi connectivity index (χ2n) is 2.02. The monoisotopic (exact) mass is 146 g/mol. The summed E-state index contributed by atoms with van der Waals surface area (Å²) in [7, 11) is 0. The van der Waals surface area contributed by atoms with Crippen molar-refractivity contribution in [2.24, 2.45) is 0 Å². The van der Waals surface area contributed by atoms with Gasteiger partial charge in [-0.1, -0.05) is 0 Å². The van der Waals surface area contributed by atoms with Crippen LogP contribution in [0.5, 0.6) is 0 Å². The van der Waals surface area contributed by atoms with Crippen LogP contribution >= 0.6 is 0 Å². The average Bonchev–Trinajstić information content (AvgIpc) is 2.58. The quantitative estimate of drug-likeness (QED) is 0.593. The molecule has 0 saturated heterocycles. The van der Waals surface area contributed by atoms with E-state index in [1.54, 1.807) is 29.6 Å². The molecule has 11 heavy (non-hydrogen) atoms. The Morgan fingerprint density at radius 2 is 1.55 bits per heavy atom. The highest BCUT2D eigenvalue weighted by atomic mass is 15.5. The lowest BCUT2D eigenvalue weighted by molar-refractivity contribution is 0.750. The van der Waals surface area contributed by atoms with E-state index in [2.05, 4.69) is 15.2 Å². The van der Waals surface area contributed by atoms with Crippen LogP contribution in [0.1, 0.15) is 0 Å². The van der Waals surface area contributed by atoms with E-state index >= 15 is 0 Å². The zero-order valence-corrected chi connectivity index (χ0v) is 5.75. The van der Waals surface area contributed by atoms with Crippen molar-refractivity contribution in [1.82, 2.24) is 20.0 Å². The summed E-state index contributed by atoms with van der Waals surface area (Å²) in [6.45, 7) is 0. The van der Waals surface area contributed by atoms with Crippen molar-refractivity contribution >= 4 is 0 Å². The van der Waals surface area contributed by atoms with Crippen LogP contribution in [-0.2, 0) is 0 Å². The van der Waals surface area contributed by atoms with Crippen molar-refractivity contribution in [2.45, 2.75) is 0 Å². The third-order valence-corrected chi connectivity index (χ3v) is 1.31. The van der Waals surface area contributed by atoms with E-state index in [9.17, 15) is 0 Å². The van der Waals surface area contributed by atoms with Crippen LogP contribution in [0.3, 0.4) is 0 Å². The topological polar surface area (TPSA) is 43.6 Å². The van der Waals surface area contributed by atoms with Gasteiger partial charge in [0, 0.05) is 12.4 Å². The van der Waals surface area contributed by atoms with Crippen LogP contribution < -0.4 is 0 Å². The SMILES string of the molecule is c1cc(-n2nccn2)ccn1. The van der Waals surface area contributed by atoms with E-state index in [0.717, 1.165) is 5.69 Å². The van der Waals surface area contributed by atoms with Crippen LogP contribution in [0.4, 0.5) is 0 Å². The van der Waals surface area contributed by atoms with Crippen molar-refractivity contribution in [3.05, 3.63) is 36.9 Å². The maximum Gasteiger partial charge on any atom is 0.0887 e. The number of pyridine rings is 1. The third-order valence-electron chi connectivity index (χ3n) is 1.31. The normalized spacial score (nSPS) is 9.82. The zero-order chi connectivity index (χ0) is 7.52. The van der Waals surface area contributed by atoms with Gasteiger partial charge in [-0.25, -0.2) is 0 Å². The molecular weight excluding hydrogens is 140 g/mol. The Bertz CT molecular complexity index is 313. The Kier molecular flexibility index (Phi) is 1.37. The molecule has 2 heterocycles. The molecule has 0 saturated carbocycles. The van der Waals surface area contributed by atoms with Crippen molar-refractivity contribution in [2.75, 3.05) is 0 Å². The van der Waals surface area contributed by atoms with Gasteiger partial charge in [0.25, 0.3) is 0 Å². The smallest absolute Gasteiger partial charge is 0.0887 e. The molecular formula is C7H6N4. The van der Waals surface area contributed by atoms with Gasteiger partial charge >= 0.3 is 0 Å². The van der Waals surface area contributed by atoms with Gasteiger partial charge in [0.15, 0.2) is 0 Å². The van der Waals surface area contributed by atoms with E-state index in [0.29, 0.717) is 0 Å². The molecule has 4 nitrogen and oxygen atoms in total. The number of hydrogen-bond donors (Lipinski definition) is 0. The average molecular weight is 146 g/mol. The minimum Gasteiger partial charge on any atom is -0.265 e. The molecule has 0 N–H and O–H groups in total. The standard InChI is InChI=1S/C7H6N4/c1-3-8-4-2-7(1)11-9-5-6-10-11/h1-6H. The molecule has 0 unspecified atom stereocenters. The van der Waals surface area contributed by atoms with Crippen LogP contribution in [0.25, 0.3) is 5.69 Å². The van der Waals surface area contributed by atoms with Gasteiger partial charge in [0.1, 0.15) is 0 Å². The maximum absolute atomic E-state index is 3.96. The van der Waals surface area contributed by atoms with E-state index in [1.165, 1.54) is 0 Å². The highest BCUT2D eigenvalue weighted by Crippen LogP contribution is 1.99. The maximum atomic E-state index is 3.96. The molecule has 0 bridgehead atoms. The molecule has 4 heteroatoms. The molecule has 0 aliphatic rings. The summed E-state index contributed by atoms with van der Waals surface area (Å²) in [5.74, 6) is 0. The zero-order valence-electron chi connectivity index (χ0n) is 5.75.